The highest BCUT2D eigenvalue weighted by atomic mass is 35.5. The third kappa shape index (κ3) is 4.54. The Balaban J connectivity index is 1.70. The highest BCUT2D eigenvalue weighted by Crippen LogP contribution is 2.24. The number of carbonyl (C=O) groups is 2. The molecule has 0 spiro atoms. The summed E-state index contributed by atoms with van der Waals surface area (Å²) in [6.07, 6.45) is 1.06. The topological polar surface area (TPSA) is 108 Å². The van der Waals surface area contributed by atoms with Crippen LogP contribution in [0.4, 0.5) is 5.69 Å². The average Bonchev–Trinajstić information content (AvgIpc) is 3.09. The molecule has 1 saturated heterocycles. The Kier molecular flexibility index (Phi) is 6.44. The summed E-state index contributed by atoms with van der Waals surface area (Å²) in [6.45, 7) is 4.89. The van der Waals surface area contributed by atoms with Gasteiger partial charge in [0.2, 0.25) is 0 Å². The quantitative estimate of drug-likeness (QED) is 0.663. The summed E-state index contributed by atoms with van der Waals surface area (Å²) in [6, 6.07) is 5.20. The van der Waals surface area contributed by atoms with Gasteiger partial charge in [-0.2, -0.15) is 0 Å². The standard InChI is InChI=1S/C20H25ClN4O4/c1-4-14-17(21)24-18(22-14)19(26)23-15-7-8-25(10-16(15)29-3)12-6-5-11(2)13(9-12)20(27)28/h5-6,9,15-16H,4,7-8,10H2,1-3H3,(H,22,24)(H,23,26)(H,27,28). The number of benzene rings is 1. The molecule has 1 aliphatic rings. The molecule has 1 aromatic heterocycles. The highest BCUT2D eigenvalue weighted by molar-refractivity contribution is 6.30. The van der Waals surface area contributed by atoms with E-state index in [1.54, 1.807) is 26.2 Å². The number of rotatable bonds is 6. The Morgan fingerprint density at radius 3 is 2.83 bits per heavy atom. The number of aromatic nitrogens is 2. The van der Waals surface area contributed by atoms with Crippen LogP contribution in [0, 0.1) is 6.92 Å². The van der Waals surface area contributed by atoms with E-state index in [9.17, 15) is 14.7 Å². The molecule has 8 nitrogen and oxygen atoms in total. The first kappa shape index (κ1) is 21.1. The fraction of sp³-hybridized carbons (Fsp3) is 0.450. The third-order valence-corrected chi connectivity index (χ3v) is 5.60. The molecule has 3 N–H and O–H groups in total. The monoisotopic (exact) mass is 420 g/mol. The number of hydrogen-bond donors (Lipinski definition) is 3. The average molecular weight is 421 g/mol. The zero-order chi connectivity index (χ0) is 21.1. The van der Waals surface area contributed by atoms with Gasteiger partial charge in [-0.05, 0) is 37.5 Å². The summed E-state index contributed by atoms with van der Waals surface area (Å²) in [5.74, 6) is -1.08. The first-order valence-corrected chi connectivity index (χ1v) is 9.88. The van der Waals surface area contributed by atoms with Crippen LogP contribution in [0.5, 0.6) is 0 Å². The highest BCUT2D eigenvalue weighted by Gasteiger charge is 2.32. The van der Waals surface area contributed by atoms with E-state index in [4.69, 9.17) is 16.3 Å². The molecule has 2 atom stereocenters. The summed E-state index contributed by atoms with van der Waals surface area (Å²) in [4.78, 5) is 33.1. The molecule has 156 valence electrons. The summed E-state index contributed by atoms with van der Waals surface area (Å²) >= 11 is 6.03. The van der Waals surface area contributed by atoms with Crippen molar-refractivity contribution < 1.29 is 19.4 Å². The van der Waals surface area contributed by atoms with Crippen LogP contribution in [-0.4, -0.2) is 59.3 Å². The van der Waals surface area contributed by atoms with Crippen molar-refractivity contribution in [2.24, 2.45) is 0 Å². The Labute approximate surface area is 174 Å². The van der Waals surface area contributed by atoms with Crippen LogP contribution < -0.4 is 10.2 Å². The van der Waals surface area contributed by atoms with Crippen LogP contribution in [0.2, 0.25) is 5.15 Å². The predicted octanol–water partition coefficient (Wildman–Crippen LogP) is 2.66. The number of anilines is 1. The van der Waals surface area contributed by atoms with Crippen molar-refractivity contribution in [2.45, 2.75) is 38.8 Å². The summed E-state index contributed by atoms with van der Waals surface area (Å²) in [5.41, 5.74) is 2.55. The van der Waals surface area contributed by atoms with Gasteiger partial charge in [0.25, 0.3) is 5.91 Å². The number of ether oxygens (including phenoxy) is 1. The van der Waals surface area contributed by atoms with Crippen LogP contribution in [0.1, 0.15) is 45.6 Å². The number of aryl methyl sites for hydroxylation is 2. The van der Waals surface area contributed by atoms with Crippen molar-refractivity contribution in [3.05, 3.63) is 46.0 Å². The third-order valence-electron chi connectivity index (χ3n) is 5.29. The number of halogens is 1. The van der Waals surface area contributed by atoms with Crippen LogP contribution in [0.15, 0.2) is 18.2 Å². The van der Waals surface area contributed by atoms with E-state index < -0.39 is 5.97 Å². The molecule has 1 aromatic carbocycles. The van der Waals surface area contributed by atoms with Gasteiger partial charge in [0.15, 0.2) is 11.0 Å². The lowest BCUT2D eigenvalue weighted by Gasteiger charge is -2.39. The number of methoxy groups -OCH3 is 1. The number of nitrogens with one attached hydrogen (secondary N) is 2. The number of amides is 1. The van der Waals surface area contributed by atoms with E-state index in [0.717, 1.165) is 16.9 Å². The Morgan fingerprint density at radius 1 is 1.45 bits per heavy atom. The normalized spacial score (nSPS) is 19.2. The number of aromatic carboxylic acids is 1. The minimum atomic E-state index is -0.946. The Morgan fingerprint density at radius 2 is 2.21 bits per heavy atom. The van der Waals surface area contributed by atoms with Crippen LogP contribution in [0.25, 0.3) is 0 Å². The molecule has 2 heterocycles. The van der Waals surface area contributed by atoms with Gasteiger partial charge in [0.1, 0.15) is 0 Å². The number of H-pyrrole nitrogens is 1. The van der Waals surface area contributed by atoms with Gasteiger partial charge in [-0.3, -0.25) is 4.79 Å². The summed E-state index contributed by atoms with van der Waals surface area (Å²) < 4.78 is 5.61. The first-order chi connectivity index (χ1) is 13.8. The maximum absolute atomic E-state index is 12.6. The van der Waals surface area contributed by atoms with Crippen molar-refractivity contribution in [1.82, 2.24) is 15.3 Å². The molecule has 0 bridgehead atoms. The minimum Gasteiger partial charge on any atom is -0.478 e. The van der Waals surface area contributed by atoms with E-state index in [0.29, 0.717) is 31.1 Å². The number of nitrogens with zero attached hydrogens (tertiary/aromatic N) is 2. The van der Waals surface area contributed by atoms with Crippen LogP contribution >= 0.6 is 11.6 Å². The Hall–Kier alpha value is -2.58. The minimum absolute atomic E-state index is 0.189. The molecule has 3 rings (SSSR count). The van der Waals surface area contributed by atoms with Gasteiger partial charge in [0.05, 0.1) is 23.4 Å². The molecular formula is C20H25ClN4O4. The largest absolute Gasteiger partial charge is 0.478 e. The van der Waals surface area contributed by atoms with Gasteiger partial charge in [0, 0.05) is 25.9 Å². The number of piperidine rings is 1. The van der Waals surface area contributed by atoms with Crippen molar-refractivity contribution in [1.29, 1.82) is 0 Å². The molecule has 0 saturated carbocycles. The number of carboxylic acid groups (broad SMARTS) is 1. The second-order valence-electron chi connectivity index (χ2n) is 7.10. The maximum Gasteiger partial charge on any atom is 0.336 e. The number of carbonyl (C=O) groups excluding carboxylic acids is 1. The molecular weight excluding hydrogens is 396 g/mol. The van der Waals surface area contributed by atoms with Crippen molar-refractivity contribution in [2.75, 3.05) is 25.1 Å². The van der Waals surface area contributed by atoms with Gasteiger partial charge in [-0.25, -0.2) is 9.78 Å². The number of carboxylic acids is 1. The van der Waals surface area contributed by atoms with E-state index in [-0.39, 0.29) is 29.4 Å². The van der Waals surface area contributed by atoms with E-state index in [1.165, 1.54) is 0 Å². The molecule has 0 aliphatic carbocycles. The predicted molar refractivity (Wildman–Crippen MR) is 110 cm³/mol. The molecule has 1 fully saturated rings. The number of hydrogen-bond acceptors (Lipinski definition) is 5. The van der Waals surface area contributed by atoms with Crippen LogP contribution in [0.3, 0.4) is 0 Å². The van der Waals surface area contributed by atoms with E-state index >= 15 is 0 Å². The van der Waals surface area contributed by atoms with E-state index in [2.05, 4.69) is 20.2 Å². The van der Waals surface area contributed by atoms with Gasteiger partial charge in [-0.15, -0.1) is 0 Å². The van der Waals surface area contributed by atoms with Gasteiger partial charge in [-0.1, -0.05) is 24.6 Å². The maximum atomic E-state index is 12.6. The van der Waals surface area contributed by atoms with Crippen molar-refractivity contribution >= 4 is 29.2 Å². The molecule has 2 aromatic rings. The zero-order valence-corrected chi connectivity index (χ0v) is 17.4. The fourth-order valence-electron chi connectivity index (χ4n) is 3.56. The molecule has 2 unspecified atom stereocenters. The lowest BCUT2D eigenvalue weighted by molar-refractivity contribution is 0.0538. The summed E-state index contributed by atoms with van der Waals surface area (Å²) in [5, 5.41) is 12.7. The number of aromatic amines is 1. The lowest BCUT2D eigenvalue weighted by atomic mass is 9.99. The Bertz CT molecular complexity index is 914. The summed E-state index contributed by atoms with van der Waals surface area (Å²) in [7, 11) is 1.60. The molecule has 0 radical (unpaired) electrons. The van der Waals surface area contributed by atoms with E-state index in [1.807, 2.05) is 13.0 Å². The van der Waals surface area contributed by atoms with Gasteiger partial charge < -0.3 is 25.0 Å². The van der Waals surface area contributed by atoms with Crippen molar-refractivity contribution in [3.63, 3.8) is 0 Å². The van der Waals surface area contributed by atoms with Gasteiger partial charge >= 0.3 is 5.97 Å². The van der Waals surface area contributed by atoms with Crippen LogP contribution in [-0.2, 0) is 11.2 Å². The molecule has 1 amide bonds. The molecule has 29 heavy (non-hydrogen) atoms. The first-order valence-electron chi connectivity index (χ1n) is 9.51. The number of imidazole rings is 1. The smallest absolute Gasteiger partial charge is 0.336 e. The second-order valence-corrected chi connectivity index (χ2v) is 7.46. The fourth-order valence-corrected chi connectivity index (χ4v) is 3.82. The SMILES string of the molecule is CCc1[nH]c(C(=O)NC2CCN(c3ccc(C)c(C(=O)O)c3)CC2OC)nc1Cl. The second kappa shape index (κ2) is 8.84. The molecule has 9 heteroatoms. The van der Waals surface area contributed by atoms with Crippen molar-refractivity contribution in [3.8, 4) is 0 Å². The molecule has 1 aliphatic heterocycles. The lowest BCUT2D eigenvalue weighted by Crippen LogP contribution is -2.55. The zero-order valence-electron chi connectivity index (χ0n) is 16.7.